The molecule has 0 saturated carbocycles. The number of halogens is 1. The molecule has 0 aliphatic rings. The third-order valence-electron chi connectivity index (χ3n) is 2.49. The number of sulfonamides is 1. The number of aromatic nitrogens is 1. The van der Waals surface area contributed by atoms with Crippen LogP contribution in [0.4, 0.5) is 21.5 Å². The predicted octanol–water partition coefficient (Wildman–Crippen LogP) is 1.51. The zero-order valence-electron chi connectivity index (χ0n) is 10.4. The molecule has 0 aliphatic heterocycles. The van der Waals surface area contributed by atoms with Crippen LogP contribution in [0.3, 0.4) is 0 Å². The molecule has 8 nitrogen and oxygen atoms in total. The van der Waals surface area contributed by atoms with E-state index < -0.39 is 31.3 Å². The molecule has 2 aromatic rings. The fourth-order valence-corrected chi connectivity index (χ4v) is 2.78. The van der Waals surface area contributed by atoms with Crippen molar-refractivity contribution in [2.75, 3.05) is 10.5 Å². The highest BCUT2D eigenvalue weighted by Crippen LogP contribution is 2.28. The van der Waals surface area contributed by atoms with Gasteiger partial charge in [-0.1, -0.05) is 0 Å². The van der Waals surface area contributed by atoms with Crippen LogP contribution in [0.25, 0.3) is 0 Å². The maximum absolute atomic E-state index is 13.4. The van der Waals surface area contributed by atoms with Crippen molar-refractivity contribution in [1.82, 2.24) is 4.98 Å². The van der Waals surface area contributed by atoms with Crippen molar-refractivity contribution in [2.24, 2.45) is 0 Å². The Morgan fingerprint density at radius 2 is 2.05 bits per heavy atom. The fourth-order valence-electron chi connectivity index (χ4n) is 1.56. The molecule has 21 heavy (non-hydrogen) atoms. The molecule has 0 amide bonds. The molecule has 2 rings (SSSR count). The molecule has 1 heterocycles. The number of nitrogens with two attached hydrogens (primary N) is 1. The maximum atomic E-state index is 13.4. The van der Waals surface area contributed by atoms with Gasteiger partial charge in [0, 0.05) is 18.0 Å². The van der Waals surface area contributed by atoms with E-state index in [9.17, 15) is 22.9 Å². The number of nitrogen functional groups attached to an aromatic ring is 1. The SMILES string of the molecule is Nc1ccc(S(=O)(=O)Nc2ccncc2F)c([N+](=O)[O-])c1. The Balaban J connectivity index is 2.50. The molecule has 0 unspecified atom stereocenters. The highest BCUT2D eigenvalue weighted by Gasteiger charge is 2.26. The standard InChI is InChI=1S/C11H9FN4O4S/c12-8-6-14-4-3-9(8)15-21(19,20)11-2-1-7(13)5-10(11)16(17)18/h1-6H,13H2,(H,14,15). The van der Waals surface area contributed by atoms with Gasteiger partial charge in [-0.2, -0.15) is 0 Å². The number of hydrogen-bond acceptors (Lipinski definition) is 6. The largest absolute Gasteiger partial charge is 0.399 e. The van der Waals surface area contributed by atoms with Crippen LogP contribution in [-0.2, 0) is 10.0 Å². The van der Waals surface area contributed by atoms with Crippen molar-refractivity contribution < 1.29 is 17.7 Å². The number of nitro benzene ring substituents is 1. The van der Waals surface area contributed by atoms with Crippen molar-refractivity contribution in [2.45, 2.75) is 4.90 Å². The highest BCUT2D eigenvalue weighted by atomic mass is 32.2. The Morgan fingerprint density at radius 1 is 1.33 bits per heavy atom. The monoisotopic (exact) mass is 312 g/mol. The van der Waals surface area contributed by atoms with Crippen molar-refractivity contribution in [1.29, 1.82) is 0 Å². The Morgan fingerprint density at radius 3 is 2.67 bits per heavy atom. The van der Waals surface area contributed by atoms with Crippen LogP contribution in [0, 0.1) is 15.9 Å². The van der Waals surface area contributed by atoms with Gasteiger partial charge in [-0.15, -0.1) is 0 Å². The topological polar surface area (TPSA) is 128 Å². The van der Waals surface area contributed by atoms with Gasteiger partial charge in [-0.25, -0.2) is 12.8 Å². The summed E-state index contributed by atoms with van der Waals surface area (Å²) in [5.74, 6) is -0.904. The number of nitrogens with zero attached hydrogens (tertiary/aromatic N) is 2. The average Bonchev–Trinajstić information content (AvgIpc) is 2.40. The molecule has 10 heteroatoms. The predicted molar refractivity (Wildman–Crippen MR) is 72.5 cm³/mol. The summed E-state index contributed by atoms with van der Waals surface area (Å²) in [5, 5.41) is 10.9. The van der Waals surface area contributed by atoms with Crippen molar-refractivity contribution in [3.8, 4) is 0 Å². The minimum Gasteiger partial charge on any atom is -0.399 e. The maximum Gasteiger partial charge on any atom is 0.291 e. The van der Waals surface area contributed by atoms with Crippen LogP contribution in [0.2, 0.25) is 0 Å². The number of anilines is 2. The summed E-state index contributed by atoms with van der Waals surface area (Å²) in [6.45, 7) is 0. The number of pyridine rings is 1. The van der Waals surface area contributed by atoms with Gasteiger partial charge < -0.3 is 5.73 Å². The summed E-state index contributed by atoms with van der Waals surface area (Å²) < 4.78 is 39.6. The van der Waals surface area contributed by atoms with E-state index in [0.29, 0.717) is 0 Å². The van der Waals surface area contributed by atoms with E-state index in [1.54, 1.807) is 0 Å². The molecule has 0 bridgehead atoms. The number of nitrogens with one attached hydrogen (secondary N) is 1. The van der Waals surface area contributed by atoms with Gasteiger partial charge in [0.1, 0.15) is 0 Å². The molecule has 0 atom stereocenters. The summed E-state index contributed by atoms with van der Waals surface area (Å²) in [4.78, 5) is 12.9. The van der Waals surface area contributed by atoms with Gasteiger partial charge in [-0.05, 0) is 18.2 Å². The summed E-state index contributed by atoms with van der Waals surface area (Å²) in [6, 6.07) is 4.19. The van der Waals surface area contributed by atoms with Crippen molar-refractivity contribution >= 4 is 27.1 Å². The lowest BCUT2D eigenvalue weighted by molar-refractivity contribution is -0.387. The first-order chi connectivity index (χ1) is 9.81. The first-order valence-corrected chi connectivity index (χ1v) is 6.96. The van der Waals surface area contributed by atoms with E-state index in [4.69, 9.17) is 5.73 Å². The molecule has 1 aromatic carbocycles. The molecule has 0 fully saturated rings. The lowest BCUT2D eigenvalue weighted by Crippen LogP contribution is -2.16. The Hall–Kier alpha value is -2.75. The van der Waals surface area contributed by atoms with Crippen LogP contribution < -0.4 is 10.5 Å². The van der Waals surface area contributed by atoms with Crippen LogP contribution in [0.1, 0.15) is 0 Å². The molecule has 3 N–H and O–H groups in total. The van der Waals surface area contributed by atoms with Crippen LogP contribution in [0.15, 0.2) is 41.6 Å². The van der Waals surface area contributed by atoms with Crippen LogP contribution >= 0.6 is 0 Å². The molecular formula is C11H9FN4O4S. The third kappa shape index (κ3) is 3.05. The van der Waals surface area contributed by atoms with Gasteiger partial charge >= 0.3 is 0 Å². The van der Waals surface area contributed by atoms with E-state index in [0.717, 1.165) is 24.4 Å². The summed E-state index contributed by atoms with van der Waals surface area (Å²) in [5.41, 5.74) is 4.37. The second kappa shape index (κ2) is 5.32. The van der Waals surface area contributed by atoms with Gasteiger partial charge in [-0.3, -0.25) is 19.8 Å². The normalized spacial score (nSPS) is 11.1. The molecule has 0 spiro atoms. The Labute approximate surface area is 118 Å². The van der Waals surface area contributed by atoms with Crippen molar-refractivity contribution in [3.63, 3.8) is 0 Å². The smallest absolute Gasteiger partial charge is 0.291 e. The lowest BCUT2D eigenvalue weighted by atomic mass is 10.3. The van der Waals surface area contributed by atoms with E-state index in [1.165, 1.54) is 12.3 Å². The number of benzene rings is 1. The Bertz CT molecular complexity index is 810. The summed E-state index contributed by atoms with van der Waals surface area (Å²) in [6.07, 6.45) is 1.99. The number of rotatable bonds is 4. The number of nitro groups is 1. The van der Waals surface area contributed by atoms with Crippen LogP contribution in [-0.4, -0.2) is 18.3 Å². The van der Waals surface area contributed by atoms with E-state index >= 15 is 0 Å². The van der Waals surface area contributed by atoms with Crippen molar-refractivity contribution in [3.05, 3.63) is 52.6 Å². The highest BCUT2D eigenvalue weighted by molar-refractivity contribution is 7.92. The molecular weight excluding hydrogens is 303 g/mol. The quantitative estimate of drug-likeness (QED) is 0.500. The van der Waals surface area contributed by atoms with E-state index in [-0.39, 0.29) is 11.4 Å². The lowest BCUT2D eigenvalue weighted by Gasteiger charge is -2.09. The molecule has 0 saturated heterocycles. The zero-order valence-corrected chi connectivity index (χ0v) is 11.2. The van der Waals surface area contributed by atoms with E-state index in [2.05, 4.69) is 4.98 Å². The van der Waals surface area contributed by atoms with Crippen LogP contribution in [0.5, 0.6) is 0 Å². The second-order valence-corrected chi connectivity index (χ2v) is 5.60. The minimum absolute atomic E-state index is 0.0377. The minimum atomic E-state index is -4.34. The third-order valence-corrected chi connectivity index (χ3v) is 3.90. The molecule has 1 aromatic heterocycles. The van der Waals surface area contributed by atoms with Gasteiger partial charge in [0.15, 0.2) is 10.7 Å². The Kier molecular flexibility index (Phi) is 3.72. The first-order valence-electron chi connectivity index (χ1n) is 5.47. The summed E-state index contributed by atoms with van der Waals surface area (Å²) >= 11 is 0. The van der Waals surface area contributed by atoms with Gasteiger partial charge in [0.2, 0.25) is 0 Å². The second-order valence-electron chi connectivity index (χ2n) is 3.95. The zero-order chi connectivity index (χ0) is 15.6. The van der Waals surface area contributed by atoms with E-state index in [1.807, 2.05) is 4.72 Å². The molecule has 110 valence electrons. The molecule has 0 aliphatic carbocycles. The number of hydrogen-bond donors (Lipinski definition) is 2. The first kappa shape index (κ1) is 14.7. The molecule has 0 radical (unpaired) electrons. The fraction of sp³-hybridized carbons (Fsp3) is 0. The summed E-state index contributed by atoms with van der Waals surface area (Å²) in [7, 11) is -4.34. The van der Waals surface area contributed by atoms with Gasteiger partial charge in [0.25, 0.3) is 15.7 Å². The van der Waals surface area contributed by atoms with Gasteiger partial charge in [0.05, 0.1) is 16.8 Å². The average molecular weight is 312 g/mol.